The number of rotatable bonds is 6. The van der Waals surface area contributed by atoms with Gasteiger partial charge >= 0.3 is 7.12 Å². The van der Waals surface area contributed by atoms with E-state index < -0.39 is 0 Å². The lowest BCUT2D eigenvalue weighted by molar-refractivity contribution is 0.00578. The number of aromatic nitrogens is 4. The van der Waals surface area contributed by atoms with Crippen LogP contribution in [0.15, 0.2) is 81.0 Å². The van der Waals surface area contributed by atoms with E-state index in [4.69, 9.17) is 30.2 Å². The van der Waals surface area contributed by atoms with Crippen molar-refractivity contribution < 1.29 is 18.8 Å². The molecule has 0 saturated carbocycles. The van der Waals surface area contributed by atoms with E-state index in [1.165, 1.54) is 0 Å². The van der Waals surface area contributed by atoms with Crippen molar-refractivity contribution in [1.29, 1.82) is 0 Å². The van der Waals surface area contributed by atoms with Gasteiger partial charge in [0.1, 0.15) is 17.3 Å². The summed E-state index contributed by atoms with van der Waals surface area (Å²) in [4.78, 5) is 15.0. The van der Waals surface area contributed by atoms with Crippen molar-refractivity contribution in [3.63, 3.8) is 0 Å². The van der Waals surface area contributed by atoms with Crippen LogP contribution in [0.4, 0.5) is 11.6 Å². The van der Waals surface area contributed by atoms with Crippen LogP contribution in [0.1, 0.15) is 69.4 Å². The summed E-state index contributed by atoms with van der Waals surface area (Å²) in [6.45, 7) is 13.3. The molecular formula is C34H51BBr3IN6O4. The third-order valence-corrected chi connectivity index (χ3v) is 8.56. The molecule has 0 aromatic carbocycles. The molecule has 0 amide bonds. The summed E-state index contributed by atoms with van der Waals surface area (Å²) in [5.74, 6) is 2.87. The van der Waals surface area contributed by atoms with E-state index in [1.54, 1.807) is 43.2 Å². The van der Waals surface area contributed by atoms with E-state index in [2.05, 4.69) is 90.3 Å². The van der Waals surface area contributed by atoms with Gasteiger partial charge in [0.05, 0.1) is 40.5 Å². The van der Waals surface area contributed by atoms with Crippen LogP contribution in [0, 0.1) is 3.57 Å². The van der Waals surface area contributed by atoms with Gasteiger partial charge in [0.2, 0.25) is 0 Å². The SMILES string of the molecule is Brc1cnc2[nH]ccc2c1.C.C.C.CCO/C=C/B1OC(C)(C)C(C)(C)O1.CCO/C=C/c1cc(Br)cnc1N.Nc1ncc(Br)cc1I. The standard InChI is InChI=1S/C10H19BO3.C9H11BrN2O.C7H5BrN2.C5H4BrIN2.3CH4/c1-6-12-8-7-11-13-9(2,3)10(4,5)14-11;1-2-13-4-3-7-5-8(10)6-12-9(7)11;8-6-3-5-1-2-9-7(5)10-4-6;6-3-1-4(7)5(8)9-2-3;;;/h7-8H,6H2,1-5H3;3-6H,2H2,1H3,(H2,11,12);1-4H,(H,9,10);1-2H,(H2,8,9);3*1H4/b8-7+;4-3+;;;;;. The summed E-state index contributed by atoms with van der Waals surface area (Å²) >= 11 is 12.1. The molecule has 10 nitrogen and oxygen atoms in total. The normalized spacial score (nSPS) is 13.7. The minimum atomic E-state index is -0.299. The molecule has 1 fully saturated rings. The van der Waals surface area contributed by atoms with Crippen LogP contribution in [0.2, 0.25) is 0 Å². The number of hydrogen-bond acceptors (Lipinski definition) is 9. The maximum atomic E-state index is 5.72. The van der Waals surface area contributed by atoms with E-state index in [1.807, 2.05) is 72.0 Å². The van der Waals surface area contributed by atoms with Crippen molar-refractivity contribution in [2.24, 2.45) is 0 Å². The Morgan fingerprint density at radius 2 is 1.33 bits per heavy atom. The van der Waals surface area contributed by atoms with Crippen molar-refractivity contribution in [2.45, 2.75) is 75.0 Å². The Hall–Kier alpha value is -2.18. The lowest BCUT2D eigenvalue weighted by atomic mass is 9.90. The molecule has 0 unspecified atom stereocenters. The molecule has 49 heavy (non-hydrogen) atoms. The van der Waals surface area contributed by atoms with Gasteiger partial charge in [-0.25, -0.2) is 15.0 Å². The van der Waals surface area contributed by atoms with E-state index >= 15 is 0 Å². The van der Waals surface area contributed by atoms with Gasteiger partial charge in [-0.3, -0.25) is 0 Å². The molecule has 1 aliphatic rings. The van der Waals surface area contributed by atoms with E-state index in [9.17, 15) is 0 Å². The van der Waals surface area contributed by atoms with Gasteiger partial charge in [0.15, 0.2) is 0 Å². The van der Waals surface area contributed by atoms with Gasteiger partial charge in [-0.1, -0.05) is 22.3 Å². The Balaban J connectivity index is 0. The lowest BCUT2D eigenvalue weighted by Crippen LogP contribution is -2.41. The van der Waals surface area contributed by atoms with Crippen LogP contribution in [-0.2, 0) is 18.8 Å². The molecule has 1 saturated heterocycles. The highest BCUT2D eigenvalue weighted by Gasteiger charge is 2.50. The fraction of sp³-hybridized carbons (Fsp3) is 0.382. The van der Waals surface area contributed by atoms with Crippen LogP contribution >= 0.6 is 70.4 Å². The van der Waals surface area contributed by atoms with Gasteiger partial charge in [-0.05, 0) is 148 Å². The van der Waals surface area contributed by atoms with E-state index in [-0.39, 0.29) is 40.6 Å². The Morgan fingerprint density at radius 3 is 1.88 bits per heavy atom. The summed E-state index contributed by atoms with van der Waals surface area (Å²) in [7, 11) is -0.299. The predicted molar refractivity (Wildman–Crippen MR) is 227 cm³/mol. The molecule has 1 aliphatic heterocycles. The van der Waals surface area contributed by atoms with Crippen molar-refractivity contribution >= 4 is 106 Å². The molecular weight excluding hydrogens is 934 g/mol. The number of pyridine rings is 3. The third-order valence-electron chi connectivity index (χ3n) is 6.40. The second-order valence-electron chi connectivity index (χ2n) is 10.4. The number of hydrogen-bond donors (Lipinski definition) is 3. The van der Waals surface area contributed by atoms with Gasteiger partial charge in [-0.2, -0.15) is 0 Å². The largest absolute Gasteiger partial charge is 0.502 e. The molecule has 15 heteroatoms. The van der Waals surface area contributed by atoms with Crippen molar-refractivity contribution in [3.05, 3.63) is 90.1 Å². The lowest BCUT2D eigenvalue weighted by Gasteiger charge is -2.32. The van der Waals surface area contributed by atoms with Gasteiger partial charge in [0, 0.05) is 49.2 Å². The molecule has 4 aromatic rings. The van der Waals surface area contributed by atoms with Gasteiger partial charge < -0.3 is 35.2 Å². The van der Waals surface area contributed by atoms with Crippen LogP contribution in [0.25, 0.3) is 17.1 Å². The fourth-order valence-electron chi connectivity index (χ4n) is 3.34. The van der Waals surface area contributed by atoms with Crippen LogP contribution in [0.3, 0.4) is 0 Å². The highest BCUT2D eigenvalue weighted by Crippen LogP contribution is 2.36. The average Bonchev–Trinajstić information content (AvgIpc) is 3.53. The molecule has 5 heterocycles. The maximum absolute atomic E-state index is 5.72. The second kappa shape index (κ2) is 24.1. The third kappa shape index (κ3) is 17.1. The Bertz CT molecular complexity index is 1570. The topological polar surface area (TPSA) is 143 Å². The molecule has 0 spiro atoms. The van der Waals surface area contributed by atoms with Crippen LogP contribution in [0.5, 0.6) is 0 Å². The zero-order chi connectivity index (χ0) is 34.3. The molecule has 0 radical (unpaired) electrons. The minimum absolute atomic E-state index is 0. The summed E-state index contributed by atoms with van der Waals surface area (Å²) in [5, 5.41) is 1.13. The van der Waals surface area contributed by atoms with Crippen molar-refractivity contribution in [3.8, 4) is 0 Å². The van der Waals surface area contributed by atoms with Gasteiger partial charge in [0.25, 0.3) is 0 Å². The maximum Gasteiger partial charge on any atom is 0.490 e. The first-order valence-electron chi connectivity index (χ1n) is 14.2. The summed E-state index contributed by atoms with van der Waals surface area (Å²) < 4.78 is 25.4. The molecule has 5 rings (SSSR count). The molecule has 0 bridgehead atoms. The van der Waals surface area contributed by atoms with Crippen molar-refractivity contribution in [2.75, 3.05) is 24.7 Å². The number of H-pyrrole nitrogens is 1. The van der Waals surface area contributed by atoms with E-state index in [0.29, 0.717) is 24.8 Å². The minimum Gasteiger partial charge on any atom is -0.502 e. The molecule has 5 N–H and O–H groups in total. The quantitative estimate of drug-likeness (QED) is 0.0977. The highest BCUT2D eigenvalue weighted by atomic mass is 127. The predicted octanol–water partition coefficient (Wildman–Crippen LogP) is 10.9. The number of halogens is 4. The number of nitrogen functional groups attached to an aromatic ring is 2. The Labute approximate surface area is 332 Å². The number of nitrogens with two attached hydrogens (primary N) is 2. The van der Waals surface area contributed by atoms with Crippen LogP contribution in [-0.4, -0.2) is 51.5 Å². The summed E-state index contributed by atoms with van der Waals surface area (Å²) in [6, 6.07) is 7.83. The summed E-state index contributed by atoms with van der Waals surface area (Å²) in [6.07, 6.45) is 12.0. The highest BCUT2D eigenvalue weighted by molar-refractivity contribution is 14.1. The monoisotopic (exact) mass is 982 g/mol. The number of fused-ring (bicyclic) bond motifs is 1. The first kappa shape index (κ1) is 48.9. The Morgan fingerprint density at radius 1 is 0.816 bits per heavy atom. The number of anilines is 2. The van der Waals surface area contributed by atoms with E-state index in [0.717, 1.165) is 33.6 Å². The average molecular weight is 985 g/mol. The smallest absolute Gasteiger partial charge is 0.490 e. The first-order chi connectivity index (χ1) is 21.7. The van der Waals surface area contributed by atoms with Crippen LogP contribution < -0.4 is 11.5 Å². The zero-order valence-electron chi connectivity index (χ0n) is 26.6. The summed E-state index contributed by atoms with van der Waals surface area (Å²) in [5.41, 5.74) is 12.3. The molecule has 0 aliphatic carbocycles. The fourth-order valence-corrected chi connectivity index (χ4v) is 5.27. The second-order valence-corrected chi connectivity index (χ2v) is 14.3. The molecule has 4 aromatic heterocycles. The Kier molecular flexibility index (Phi) is 24.1. The first-order valence-corrected chi connectivity index (χ1v) is 17.6. The number of ether oxygens (including phenoxy) is 2. The van der Waals surface area contributed by atoms with Crippen molar-refractivity contribution in [1.82, 2.24) is 19.9 Å². The van der Waals surface area contributed by atoms with Gasteiger partial charge in [-0.15, -0.1) is 0 Å². The number of nitrogens with one attached hydrogen (secondary N) is 1. The zero-order valence-corrected chi connectivity index (χ0v) is 33.5. The number of nitrogens with zero attached hydrogens (tertiary/aromatic N) is 3. The number of aromatic amines is 1. The molecule has 272 valence electrons. The molecule has 0 atom stereocenters.